The van der Waals surface area contributed by atoms with Crippen molar-refractivity contribution < 1.29 is 14.7 Å². The molecule has 1 atom stereocenters. The van der Waals surface area contributed by atoms with Crippen LogP contribution in [-0.2, 0) is 11.3 Å². The highest BCUT2D eigenvalue weighted by Gasteiger charge is 2.23. The number of rotatable bonds is 11. The Morgan fingerprint density at radius 1 is 1.11 bits per heavy atom. The molecule has 0 aliphatic rings. The van der Waals surface area contributed by atoms with Crippen LogP contribution in [0.3, 0.4) is 0 Å². The van der Waals surface area contributed by atoms with Gasteiger partial charge in [0.1, 0.15) is 6.04 Å². The number of hydrogen-bond acceptors (Lipinski definition) is 8. The average molecular weight is 521 g/mol. The van der Waals surface area contributed by atoms with Gasteiger partial charge >= 0.3 is 0 Å². The minimum absolute atomic E-state index is 0.0791. The van der Waals surface area contributed by atoms with Crippen molar-refractivity contribution in [1.82, 2.24) is 25.1 Å². The van der Waals surface area contributed by atoms with E-state index in [1.807, 2.05) is 41.8 Å². The lowest BCUT2D eigenvalue weighted by Gasteiger charge is -2.17. The van der Waals surface area contributed by atoms with Gasteiger partial charge < -0.3 is 20.3 Å². The number of nitrogens with one attached hydrogen (secondary N) is 2. The fourth-order valence-corrected chi connectivity index (χ4v) is 4.84. The maximum atomic E-state index is 12.6. The summed E-state index contributed by atoms with van der Waals surface area (Å²) in [6.07, 6.45) is 1.66. The monoisotopic (exact) mass is 520 g/mol. The van der Waals surface area contributed by atoms with E-state index in [1.165, 1.54) is 23.1 Å². The largest absolute Gasteiger partial charge is 0.394 e. The van der Waals surface area contributed by atoms with E-state index in [0.717, 1.165) is 11.3 Å². The average Bonchev–Trinajstić information content (AvgIpc) is 3.54. The first-order valence-corrected chi connectivity index (χ1v) is 12.9. The van der Waals surface area contributed by atoms with Gasteiger partial charge in [-0.3, -0.25) is 9.59 Å². The maximum Gasteiger partial charge on any atom is 0.251 e. The molecule has 2 aromatic carbocycles. The second kappa shape index (κ2) is 12.2. The molecular weight excluding hydrogens is 496 g/mol. The number of allylic oxidation sites excluding steroid dienone is 1. The Kier molecular flexibility index (Phi) is 8.61. The molecule has 2 aromatic heterocycles. The van der Waals surface area contributed by atoms with Crippen molar-refractivity contribution in [2.75, 3.05) is 17.7 Å². The Morgan fingerprint density at radius 2 is 1.83 bits per heavy atom. The van der Waals surface area contributed by atoms with Crippen molar-refractivity contribution in [3.63, 3.8) is 0 Å². The molecule has 4 rings (SSSR count). The molecular formula is C25H24N6O3S2. The summed E-state index contributed by atoms with van der Waals surface area (Å²) < 4.78 is 1.72. The first kappa shape index (κ1) is 25.3. The molecule has 2 amide bonds. The summed E-state index contributed by atoms with van der Waals surface area (Å²) in [5.41, 5.74) is 2.24. The fraction of sp³-hybridized carbons (Fsp3) is 0.160. The van der Waals surface area contributed by atoms with E-state index in [0.29, 0.717) is 28.2 Å². The smallest absolute Gasteiger partial charge is 0.251 e. The maximum absolute atomic E-state index is 12.6. The minimum Gasteiger partial charge on any atom is -0.394 e. The molecule has 0 fully saturated rings. The number of aliphatic hydroxyl groups excluding tert-OH is 1. The van der Waals surface area contributed by atoms with Crippen molar-refractivity contribution in [3.8, 4) is 11.3 Å². The van der Waals surface area contributed by atoms with E-state index >= 15 is 0 Å². The third-order valence-electron chi connectivity index (χ3n) is 5.05. The lowest BCUT2D eigenvalue weighted by Crippen LogP contribution is -2.33. The van der Waals surface area contributed by atoms with Gasteiger partial charge in [-0.2, -0.15) is 0 Å². The van der Waals surface area contributed by atoms with Crippen molar-refractivity contribution in [2.45, 2.75) is 17.7 Å². The number of carbonyl (C=O) groups excluding carboxylic acids is 2. The Morgan fingerprint density at radius 3 is 2.53 bits per heavy atom. The Hall–Kier alpha value is -3.80. The molecule has 2 heterocycles. The number of anilines is 1. The number of carbonyl (C=O) groups is 2. The molecule has 0 saturated carbocycles. The molecule has 1 unspecified atom stereocenters. The van der Waals surface area contributed by atoms with Crippen LogP contribution in [0.1, 0.15) is 22.2 Å². The van der Waals surface area contributed by atoms with Crippen LogP contribution in [0.5, 0.6) is 0 Å². The van der Waals surface area contributed by atoms with E-state index in [-0.39, 0.29) is 24.2 Å². The van der Waals surface area contributed by atoms with E-state index in [2.05, 4.69) is 32.4 Å². The Labute approximate surface area is 216 Å². The number of benzene rings is 2. The molecule has 0 spiro atoms. The van der Waals surface area contributed by atoms with Crippen LogP contribution in [0.15, 0.2) is 83.9 Å². The van der Waals surface area contributed by atoms with Gasteiger partial charge in [0, 0.05) is 23.1 Å². The summed E-state index contributed by atoms with van der Waals surface area (Å²) in [5, 5.41) is 26.8. The molecule has 3 N–H and O–H groups in total. The molecule has 4 aromatic rings. The molecule has 184 valence electrons. The molecule has 0 bridgehead atoms. The highest BCUT2D eigenvalue weighted by molar-refractivity contribution is 7.99. The van der Waals surface area contributed by atoms with Crippen LogP contribution in [0.2, 0.25) is 0 Å². The number of thioether (sulfide) groups is 1. The zero-order valence-corrected chi connectivity index (χ0v) is 20.8. The summed E-state index contributed by atoms with van der Waals surface area (Å²) in [4.78, 5) is 29.6. The summed E-state index contributed by atoms with van der Waals surface area (Å²) in [6.45, 7) is 3.74. The minimum atomic E-state index is -0.778. The van der Waals surface area contributed by atoms with Gasteiger partial charge in [-0.1, -0.05) is 66.4 Å². The number of nitrogens with zero attached hydrogens (tertiary/aromatic N) is 4. The third-order valence-corrected chi connectivity index (χ3v) is 6.77. The van der Waals surface area contributed by atoms with Gasteiger partial charge in [-0.05, 0) is 12.1 Å². The number of hydrogen-bond donors (Lipinski definition) is 3. The summed E-state index contributed by atoms with van der Waals surface area (Å²) in [7, 11) is 0. The quantitative estimate of drug-likeness (QED) is 0.203. The zero-order chi connectivity index (χ0) is 25.3. The SMILES string of the molecule is C=CCn1c(SCC(=O)Nc2nc(-c3ccccc3)cs2)nnc1C(CO)NC(=O)c1ccccc1. The molecule has 36 heavy (non-hydrogen) atoms. The second-order valence-electron chi connectivity index (χ2n) is 7.56. The number of amides is 2. The second-order valence-corrected chi connectivity index (χ2v) is 9.36. The van der Waals surface area contributed by atoms with Gasteiger partial charge in [0.25, 0.3) is 5.91 Å². The predicted molar refractivity (Wildman–Crippen MR) is 141 cm³/mol. The molecule has 9 nitrogen and oxygen atoms in total. The standard InChI is InChI=1S/C25H24N6O3S2/c1-2-13-31-22(19(14-32)26-23(34)18-11-7-4-8-12-18)29-30-25(31)36-16-21(33)28-24-27-20(15-35-24)17-9-5-3-6-10-17/h2-12,15,19,32H,1,13-14,16H2,(H,26,34)(H,27,28,33). The first-order valence-electron chi connectivity index (χ1n) is 11.0. The van der Waals surface area contributed by atoms with Gasteiger partial charge in [0.2, 0.25) is 5.91 Å². The van der Waals surface area contributed by atoms with Gasteiger partial charge in [0.15, 0.2) is 16.1 Å². The fourth-order valence-electron chi connectivity index (χ4n) is 3.35. The van der Waals surface area contributed by atoms with Gasteiger partial charge in [-0.15, -0.1) is 28.1 Å². The van der Waals surface area contributed by atoms with E-state index in [9.17, 15) is 14.7 Å². The van der Waals surface area contributed by atoms with E-state index in [1.54, 1.807) is 34.9 Å². The Balaban J connectivity index is 1.40. The number of aliphatic hydroxyl groups is 1. The molecule has 11 heteroatoms. The van der Waals surface area contributed by atoms with E-state index in [4.69, 9.17) is 0 Å². The zero-order valence-electron chi connectivity index (χ0n) is 19.2. The van der Waals surface area contributed by atoms with Gasteiger partial charge in [-0.25, -0.2) is 4.98 Å². The van der Waals surface area contributed by atoms with Crippen LogP contribution in [0.4, 0.5) is 5.13 Å². The summed E-state index contributed by atoms with van der Waals surface area (Å²) in [5.74, 6) is -0.123. The van der Waals surface area contributed by atoms with Crippen LogP contribution < -0.4 is 10.6 Å². The third kappa shape index (κ3) is 6.25. The molecule has 0 saturated heterocycles. The normalized spacial score (nSPS) is 11.6. The van der Waals surface area contributed by atoms with Crippen LogP contribution in [-0.4, -0.2) is 49.0 Å². The summed E-state index contributed by atoms with van der Waals surface area (Å²) in [6, 6.07) is 17.7. The number of thiazole rings is 1. The van der Waals surface area contributed by atoms with Crippen molar-refractivity contribution in [3.05, 3.63) is 90.1 Å². The lowest BCUT2D eigenvalue weighted by atomic mass is 10.2. The van der Waals surface area contributed by atoms with Crippen LogP contribution in [0, 0.1) is 0 Å². The van der Waals surface area contributed by atoms with Crippen molar-refractivity contribution >= 4 is 40.0 Å². The molecule has 0 aliphatic carbocycles. The first-order chi connectivity index (χ1) is 17.6. The summed E-state index contributed by atoms with van der Waals surface area (Å²) >= 11 is 2.55. The highest BCUT2D eigenvalue weighted by atomic mass is 32.2. The van der Waals surface area contributed by atoms with Crippen LogP contribution >= 0.6 is 23.1 Å². The van der Waals surface area contributed by atoms with Gasteiger partial charge in [0.05, 0.1) is 18.1 Å². The highest BCUT2D eigenvalue weighted by Crippen LogP contribution is 2.25. The molecule has 0 aliphatic heterocycles. The van der Waals surface area contributed by atoms with Crippen LogP contribution in [0.25, 0.3) is 11.3 Å². The topological polar surface area (TPSA) is 122 Å². The van der Waals surface area contributed by atoms with Crippen molar-refractivity contribution in [2.24, 2.45) is 0 Å². The predicted octanol–water partition coefficient (Wildman–Crippen LogP) is 3.78. The number of aromatic nitrogens is 4. The molecule has 0 radical (unpaired) electrons. The van der Waals surface area contributed by atoms with E-state index < -0.39 is 6.04 Å². The van der Waals surface area contributed by atoms with Crippen molar-refractivity contribution in [1.29, 1.82) is 0 Å². The Bertz CT molecular complexity index is 1320. The lowest BCUT2D eigenvalue weighted by molar-refractivity contribution is -0.113.